The summed E-state index contributed by atoms with van der Waals surface area (Å²) >= 11 is 3.41. The van der Waals surface area contributed by atoms with Crippen LogP contribution < -0.4 is 0 Å². The van der Waals surface area contributed by atoms with Crippen molar-refractivity contribution in [2.75, 3.05) is 0 Å². The fourth-order valence-electron chi connectivity index (χ4n) is 0.597. The molecular formula is C7H13BrSi. The highest BCUT2D eigenvalue weighted by Gasteiger charge is 2.16. The number of hydrogen-bond acceptors (Lipinski definition) is 0. The first-order valence-corrected chi connectivity index (χ1v) is 7.68. The van der Waals surface area contributed by atoms with Crippen molar-refractivity contribution >= 4 is 24.0 Å². The van der Waals surface area contributed by atoms with Gasteiger partial charge in [-0.05, 0) is 6.04 Å². The van der Waals surface area contributed by atoms with Gasteiger partial charge in [-0.3, -0.25) is 0 Å². The molecule has 0 aliphatic carbocycles. The molecule has 9 heavy (non-hydrogen) atoms. The van der Waals surface area contributed by atoms with Crippen LogP contribution in [0.4, 0.5) is 0 Å². The summed E-state index contributed by atoms with van der Waals surface area (Å²) in [5, 5.41) is 0. The van der Waals surface area contributed by atoms with Gasteiger partial charge in [-0.2, -0.15) is 0 Å². The van der Waals surface area contributed by atoms with Crippen LogP contribution in [-0.4, -0.2) is 12.9 Å². The monoisotopic (exact) mass is 204 g/mol. The molecule has 1 unspecified atom stereocenters. The van der Waals surface area contributed by atoms with Gasteiger partial charge in [-0.1, -0.05) is 41.5 Å². The van der Waals surface area contributed by atoms with E-state index in [9.17, 15) is 0 Å². The van der Waals surface area contributed by atoms with E-state index >= 15 is 0 Å². The van der Waals surface area contributed by atoms with E-state index in [2.05, 4.69) is 41.5 Å². The zero-order valence-electron chi connectivity index (χ0n) is 6.24. The smallest absolute Gasteiger partial charge is 0.0728 e. The minimum Gasteiger partial charge on any atom is -0.119 e. The molecule has 0 N–H and O–H groups in total. The number of hydrogen-bond donors (Lipinski definition) is 0. The van der Waals surface area contributed by atoms with Crippen LogP contribution in [0, 0.1) is 12.3 Å². The Bertz CT molecular complexity index is 118. The fraction of sp³-hybridized carbons (Fsp3) is 0.714. The maximum atomic E-state index is 5.20. The van der Waals surface area contributed by atoms with Crippen molar-refractivity contribution in [1.29, 1.82) is 0 Å². The Morgan fingerprint density at radius 1 is 1.56 bits per heavy atom. The van der Waals surface area contributed by atoms with E-state index in [1.54, 1.807) is 0 Å². The summed E-state index contributed by atoms with van der Waals surface area (Å²) in [6.07, 6.45) is 5.20. The molecule has 0 amide bonds. The minimum atomic E-state index is -0.931. The summed E-state index contributed by atoms with van der Waals surface area (Å²) in [5.74, 6) is 2.67. The predicted octanol–water partition coefficient (Wildman–Crippen LogP) is 2.72. The van der Waals surface area contributed by atoms with Gasteiger partial charge in [0.05, 0.1) is 4.83 Å². The molecule has 0 radical (unpaired) electrons. The third kappa shape index (κ3) is 6.14. The van der Waals surface area contributed by atoms with E-state index in [1.165, 1.54) is 6.04 Å². The van der Waals surface area contributed by atoms with Crippen LogP contribution in [-0.2, 0) is 0 Å². The lowest BCUT2D eigenvalue weighted by Crippen LogP contribution is -2.23. The Kier molecular flexibility index (Phi) is 3.53. The highest BCUT2D eigenvalue weighted by atomic mass is 79.9. The molecule has 52 valence electrons. The molecule has 0 aliphatic rings. The molecule has 0 bridgehead atoms. The highest BCUT2D eigenvalue weighted by molar-refractivity contribution is 9.09. The van der Waals surface area contributed by atoms with Crippen molar-refractivity contribution in [3.63, 3.8) is 0 Å². The predicted molar refractivity (Wildman–Crippen MR) is 49.7 cm³/mol. The van der Waals surface area contributed by atoms with Gasteiger partial charge in [0.25, 0.3) is 0 Å². The van der Waals surface area contributed by atoms with Crippen LogP contribution in [0.2, 0.25) is 25.7 Å². The summed E-state index contributed by atoms with van der Waals surface area (Å²) in [7, 11) is -0.931. The normalized spacial score (nSPS) is 14.6. The van der Waals surface area contributed by atoms with Crippen LogP contribution in [0.5, 0.6) is 0 Å². The van der Waals surface area contributed by atoms with Gasteiger partial charge in [0.15, 0.2) is 0 Å². The third-order valence-corrected chi connectivity index (χ3v) is 3.79. The Morgan fingerprint density at radius 2 is 2.00 bits per heavy atom. The Labute approximate surface area is 67.2 Å². The number of halogens is 1. The van der Waals surface area contributed by atoms with Crippen molar-refractivity contribution in [3.8, 4) is 12.3 Å². The molecule has 0 fully saturated rings. The second kappa shape index (κ2) is 3.43. The van der Waals surface area contributed by atoms with Gasteiger partial charge in [0, 0.05) is 8.07 Å². The molecule has 0 aliphatic heterocycles. The lowest BCUT2D eigenvalue weighted by Gasteiger charge is -2.16. The van der Waals surface area contributed by atoms with E-state index in [0.717, 1.165) is 0 Å². The average Bonchev–Trinajstić information content (AvgIpc) is 1.62. The molecule has 1 atom stereocenters. The lowest BCUT2D eigenvalue weighted by atomic mass is 10.5. The molecule has 0 aromatic carbocycles. The van der Waals surface area contributed by atoms with Gasteiger partial charge in [0.2, 0.25) is 0 Å². The van der Waals surface area contributed by atoms with Gasteiger partial charge in [-0.25, -0.2) is 0 Å². The molecule has 0 saturated heterocycles. The van der Waals surface area contributed by atoms with Crippen LogP contribution in [0.25, 0.3) is 0 Å². The maximum Gasteiger partial charge on any atom is 0.0728 e. The molecule has 0 spiro atoms. The molecule has 0 aromatic rings. The molecule has 0 rings (SSSR count). The molecule has 0 aromatic heterocycles. The number of rotatable bonds is 2. The summed E-state index contributed by atoms with van der Waals surface area (Å²) in [4.78, 5) is 0.296. The summed E-state index contributed by atoms with van der Waals surface area (Å²) in [5.41, 5.74) is 0. The minimum absolute atomic E-state index is 0.296. The molecule has 2 heteroatoms. The quantitative estimate of drug-likeness (QED) is 0.369. The SMILES string of the molecule is C#CC(Br)C[Si](C)(C)C. The van der Waals surface area contributed by atoms with Crippen molar-refractivity contribution in [1.82, 2.24) is 0 Å². The Balaban J connectivity index is 3.63. The first-order chi connectivity index (χ1) is 3.95. The highest BCUT2D eigenvalue weighted by Crippen LogP contribution is 2.16. The van der Waals surface area contributed by atoms with E-state index < -0.39 is 8.07 Å². The van der Waals surface area contributed by atoms with E-state index in [1.807, 2.05) is 0 Å². The standard InChI is InChI=1S/C7H13BrSi/c1-5-7(8)6-9(2,3)4/h1,7H,6H2,2-4H3. The second-order valence-corrected chi connectivity index (χ2v) is 10.0. The van der Waals surface area contributed by atoms with E-state index in [-0.39, 0.29) is 0 Å². The zero-order valence-corrected chi connectivity index (χ0v) is 8.83. The zero-order chi connectivity index (χ0) is 7.49. The Hall–Kier alpha value is 0.257. The van der Waals surface area contributed by atoms with Crippen molar-refractivity contribution in [3.05, 3.63) is 0 Å². The average molecular weight is 205 g/mol. The Morgan fingerprint density at radius 3 is 2.11 bits per heavy atom. The molecular weight excluding hydrogens is 192 g/mol. The van der Waals surface area contributed by atoms with Crippen LogP contribution in [0.1, 0.15) is 0 Å². The van der Waals surface area contributed by atoms with Gasteiger partial charge in [-0.15, -0.1) is 6.42 Å². The number of terminal acetylenes is 1. The van der Waals surface area contributed by atoms with Crippen LogP contribution >= 0.6 is 15.9 Å². The van der Waals surface area contributed by atoms with Gasteiger partial charge >= 0.3 is 0 Å². The fourth-order valence-corrected chi connectivity index (χ4v) is 4.70. The van der Waals surface area contributed by atoms with E-state index in [0.29, 0.717) is 4.83 Å². The van der Waals surface area contributed by atoms with Gasteiger partial charge in [0.1, 0.15) is 0 Å². The topological polar surface area (TPSA) is 0 Å². The van der Waals surface area contributed by atoms with Crippen molar-refractivity contribution in [2.24, 2.45) is 0 Å². The van der Waals surface area contributed by atoms with E-state index in [4.69, 9.17) is 6.42 Å². The van der Waals surface area contributed by atoms with Crippen LogP contribution in [0.3, 0.4) is 0 Å². The van der Waals surface area contributed by atoms with Gasteiger partial charge < -0.3 is 0 Å². The lowest BCUT2D eigenvalue weighted by molar-refractivity contribution is 1.24. The molecule has 0 nitrogen and oxygen atoms in total. The van der Waals surface area contributed by atoms with Crippen molar-refractivity contribution < 1.29 is 0 Å². The first-order valence-electron chi connectivity index (χ1n) is 3.06. The summed E-state index contributed by atoms with van der Waals surface area (Å²) in [6, 6.07) is 1.17. The number of alkyl halides is 1. The summed E-state index contributed by atoms with van der Waals surface area (Å²) in [6.45, 7) is 6.95. The maximum absolute atomic E-state index is 5.20. The van der Waals surface area contributed by atoms with Crippen LogP contribution in [0.15, 0.2) is 0 Å². The largest absolute Gasteiger partial charge is 0.119 e. The summed E-state index contributed by atoms with van der Waals surface area (Å²) < 4.78 is 0. The second-order valence-electron chi connectivity index (χ2n) is 3.40. The third-order valence-electron chi connectivity index (χ3n) is 0.972. The van der Waals surface area contributed by atoms with Crippen molar-refractivity contribution in [2.45, 2.75) is 30.5 Å². The molecule has 0 saturated carbocycles. The first kappa shape index (κ1) is 9.26. The molecule has 0 heterocycles.